The number of H-pyrrole nitrogens is 2. The summed E-state index contributed by atoms with van der Waals surface area (Å²) in [5, 5.41) is 2.52. The second-order valence-corrected chi connectivity index (χ2v) is 7.64. The zero-order valence-electron chi connectivity index (χ0n) is 16.6. The van der Waals surface area contributed by atoms with Gasteiger partial charge in [-0.15, -0.1) is 0 Å². The van der Waals surface area contributed by atoms with Crippen LogP contribution in [0, 0.1) is 0 Å². The lowest BCUT2D eigenvalue weighted by Crippen LogP contribution is -2.14. The largest absolute Gasteiger partial charge is 0.376 e. The van der Waals surface area contributed by atoms with E-state index in [2.05, 4.69) is 16.9 Å². The summed E-state index contributed by atoms with van der Waals surface area (Å²) in [6.45, 7) is 2.05. The maximum Gasteiger partial charge on any atom is 0.197 e. The van der Waals surface area contributed by atoms with Gasteiger partial charge >= 0.3 is 0 Å². The predicted octanol–water partition coefficient (Wildman–Crippen LogP) is 4.30. The average Bonchev–Trinajstić information content (AvgIpc) is 2.72. The minimum Gasteiger partial charge on any atom is -0.376 e. The number of benzene rings is 3. The number of hydrogen-bond acceptors (Lipinski definition) is 3. The molecule has 0 unspecified atom stereocenters. The van der Waals surface area contributed by atoms with Crippen LogP contribution < -0.4 is 15.8 Å². The third kappa shape index (κ3) is 2.47. The van der Waals surface area contributed by atoms with E-state index in [9.17, 15) is 9.59 Å². The number of nitrogens with one attached hydrogen (secondary N) is 2. The number of aryl methyl sites for hydroxylation is 1. The molecule has 0 bridgehead atoms. The van der Waals surface area contributed by atoms with Crippen molar-refractivity contribution in [2.45, 2.75) is 13.3 Å². The standard InChI is InChI=1S/C24H21N3O2/c1-4-13-9-10-20(27(2)3)22-21(13)24(29)16-12-18-15(11-19(16)26-22)23(28)14-7-5-6-8-17(14)25-18/h5-12H,4H2,1-3H3,(H,25,28)(H,26,29). The first kappa shape index (κ1) is 17.5. The van der Waals surface area contributed by atoms with E-state index in [-0.39, 0.29) is 10.9 Å². The summed E-state index contributed by atoms with van der Waals surface area (Å²) in [6, 6.07) is 15.1. The molecule has 3 aromatic carbocycles. The molecule has 144 valence electrons. The molecule has 0 saturated heterocycles. The van der Waals surface area contributed by atoms with Gasteiger partial charge in [-0.1, -0.05) is 25.1 Å². The van der Waals surface area contributed by atoms with Crippen LogP contribution in [-0.2, 0) is 6.42 Å². The SMILES string of the molecule is CCc1ccc(N(C)C)c2[nH]c3cc4c(=O)c5ccccc5[nH]c4cc3c(=O)c12. The molecule has 5 heteroatoms. The lowest BCUT2D eigenvalue weighted by atomic mass is 10.0. The van der Waals surface area contributed by atoms with Gasteiger partial charge in [-0.25, -0.2) is 0 Å². The second kappa shape index (κ2) is 6.21. The van der Waals surface area contributed by atoms with Crippen molar-refractivity contribution in [3.05, 3.63) is 74.5 Å². The molecular formula is C24H21N3O2. The van der Waals surface area contributed by atoms with Crippen LogP contribution in [0.2, 0.25) is 0 Å². The Morgan fingerprint density at radius 2 is 1.48 bits per heavy atom. The first-order chi connectivity index (χ1) is 14.0. The minimum absolute atomic E-state index is 0.00907. The molecule has 0 aliphatic carbocycles. The zero-order chi connectivity index (χ0) is 20.3. The van der Waals surface area contributed by atoms with E-state index in [0.29, 0.717) is 32.6 Å². The lowest BCUT2D eigenvalue weighted by Gasteiger charge is -2.17. The van der Waals surface area contributed by atoms with Gasteiger partial charge in [0.15, 0.2) is 10.9 Å². The van der Waals surface area contributed by atoms with Crippen molar-refractivity contribution in [3.8, 4) is 0 Å². The molecule has 2 heterocycles. The number of aromatic amines is 2. The number of nitrogens with zero attached hydrogens (tertiary/aromatic N) is 1. The number of hydrogen-bond donors (Lipinski definition) is 2. The Hall–Kier alpha value is -3.60. The van der Waals surface area contributed by atoms with Gasteiger partial charge < -0.3 is 14.9 Å². The number of fused-ring (bicyclic) bond motifs is 4. The van der Waals surface area contributed by atoms with E-state index < -0.39 is 0 Å². The maximum absolute atomic E-state index is 13.5. The van der Waals surface area contributed by atoms with Crippen molar-refractivity contribution in [1.82, 2.24) is 9.97 Å². The van der Waals surface area contributed by atoms with Crippen molar-refractivity contribution in [2.75, 3.05) is 19.0 Å². The Morgan fingerprint density at radius 1 is 0.793 bits per heavy atom. The normalized spacial score (nSPS) is 11.7. The fourth-order valence-corrected chi connectivity index (χ4v) is 4.22. The topological polar surface area (TPSA) is 69.0 Å². The molecule has 0 atom stereocenters. The Labute approximate surface area is 166 Å². The van der Waals surface area contributed by atoms with Crippen LogP contribution in [0.1, 0.15) is 12.5 Å². The quantitative estimate of drug-likeness (QED) is 0.447. The highest BCUT2D eigenvalue weighted by atomic mass is 16.1. The van der Waals surface area contributed by atoms with Crippen molar-refractivity contribution >= 4 is 49.3 Å². The molecule has 0 aliphatic heterocycles. The summed E-state index contributed by atoms with van der Waals surface area (Å²) in [5.74, 6) is 0. The first-order valence-electron chi connectivity index (χ1n) is 9.73. The maximum atomic E-state index is 13.5. The summed E-state index contributed by atoms with van der Waals surface area (Å²) in [4.78, 5) is 35.3. The molecule has 0 aliphatic rings. The number of anilines is 1. The smallest absolute Gasteiger partial charge is 0.197 e. The molecule has 0 radical (unpaired) electrons. The summed E-state index contributed by atoms with van der Waals surface area (Å²) >= 11 is 0. The van der Waals surface area contributed by atoms with Gasteiger partial charge in [0.1, 0.15) is 0 Å². The van der Waals surface area contributed by atoms with Crippen LogP contribution in [0.5, 0.6) is 0 Å². The van der Waals surface area contributed by atoms with E-state index >= 15 is 0 Å². The highest BCUT2D eigenvalue weighted by Gasteiger charge is 2.15. The average molecular weight is 383 g/mol. The third-order valence-corrected chi connectivity index (χ3v) is 5.71. The van der Waals surface area contributed by atoms with Gasteiger partial charge in [0.05, 0.1) is 27.6 Å². The minimum atomic E-state index is -0.0349. The predicted molar refractivity (Wildman–Crippen MR) is 121 cm³/mol. The molecule has 5 nitrogen and oxygen atoms in total. The van der Waals surface area contributed by atoms with Crippen molar-refractivity contribution < 1.29 is 0 Å². The first-order valence-corrected chi connectivity index (χ1v) is 9.73. The van der Waals surface area contributed by atoms with Crippen molar-refractivity contribution in [2.24, 2.45) is 0 Å². The van der Waals surface area contributed by atoms with Gasteiger partial charge in [-0.3, -0.25) is 9.59 Å². The fraction of sp³-hybridized carbons (Fsp3) is 0.167. The van der Waals surface area contributed by atoms with Crippen LogP contribution in [0.25, 0.3) is 43.6 Å². The summed E-state index contributed by atoms with van der Waals surface area (Å²) in [5.41, 5.74) is 4.84. The van der Waals surface area contributed by atoms with Crippen molar-refractivity contribution in [1.29, 1.82) is 0 Å². The van der Waals surface area contributed by atoms with Gasteiger partial charge in [-0.2, -0.15) is 0 Å². The highest BCUT2D eigenvalue weighted by Crippen LogP contribution is 2.28. The molecule has 5 aromatic rings. The van der Waals surface area contributed by atoms with Crippen LogP contribution >= 0.6 is 0 Å². The summed E-state index contributed by atoms with van der Waals surface area (Å²) < 4.78 is 0. The number of aromatic nitrogens is 2. The monoisotopic (exact) mass is 383 g/mol. The summed E-state index contributed by atoms with van der Waals surface area (Å²) in [6.07, 6.45) is 0.772. The van der Waals surface area contributed by atoms with E-state index in [0.717, 1.165) is 28.7 Å². The van der Waals surface area contributed by atoms with E-state index in [1.54, 1.807) is 12.1 Å². The fourth-order valence-electron chi connectivity index (χ4n) is 4.22. The number of para-hydroxylation sites is 1. The van der Waals surface area contributed by atoms with E-state index in [4.69, 9.17) is 0 Å². The second-order valence-electron chi connectivity index (χ2n) is 7.64. The Bertz CT molecular complexity index is 1560. The molecule has 29 heavy (non-hydrogen) atoms. The van der Waals surface area contributed by atoms with Crippen LogP contribution in [0.15, 0.2) is 58.1 Å². The molecule has 0 fully saturated rings. The molecule has 2 aromatic heterocycles. The third-order valence-electron chi connectivity index (χ3n) is 5.71. The number of rotatable bonds is 2. The summed E-state index contributed by atoms with van der Waals surface area (Å²) in [7, 11) is 3.92. The van der Waals surface area contributed by atoms with E-state index in [1.807, 2.05) is 55.4 Å². The van der Waals surface area contributed by atoms with Crippen LogP contribution in [-0.4, -0.2) is 24.1 Å². The van der Waals surface area contributed by atoms with Gasteiger partial charge in [0, 0.05) is 35.8 Å². The van der Waals surface area contributed by atoms with Crippen LogP contribution in [0.4, 0.5) is 5.69 Å². The highest BCUT2D eigenvalue weighted by molar-refractivity contribution is 6.05. The van der Waals surface area contributed by atoms with Gasteiger partial charge in [-0.05, 0) is 42.3 Å². The Morgan fingerprint density at radius 3 is 2.21 bits per heavy atom. The molecule has 5 rings (SSSR count). The molecule has 0 saturated carbocycles. The van der Waals surface area contributed by atoms with E-state index in [1.165, 1.54) is 0 Å². The molecule has 0 spiro atoms. The zero-order valence-corrected chi connectivity index (χ0v) is 16.6. The van der Waals surface area contributed by atoms with Gasteiger partial charge in [0.25, 0.3) is 0 Å². The Balaban J connectivity index is 2.01. The molecule has 0 amide bonds. The molecular weight excluding hydrogens is 362 g/mol. The van der Waals surface area contributed by atoms with Crippen LogP contribution in [0.3, 0.4) is 0 Å². The Kier molecular flexibility index (Phi) is 3.74. The lowest BCUT2D eigenvalue weighted by molar-refractivity contribution is 1.12. The van der Waals surface area contributed by atoms with Gasteiger partial charge in [0.2, 0.25) is 0 Å². The molecule has 2 N–H and O–H groups in total. The number of pyridine rings is 2. The van der Waals surface area contributed by atoms with Crippen molar-refractivity contribution in [3.63, 3.8) is 0 Å².